The summed E-state index contributed by atoms with van der Waals surface area (Å²) < 4.78 is 1.58. The fourth-order valence-electron chi connectivity index (χ4n) is 4.31. The maximum Gasteiger partial charge on any atom is -0.0108 e. The summed E-state index contributed by atoms with van der Waals surface area (Å²) in [5, 5.41) is 0. The van der Waals surface area contributed by atoms with E-state index in [2.05, 4.69) is 67.7 Å². The van der Waals surface area contributed by atoms with Gasteiger partial charge in [-0.1, -0.05) is 43.7 Å². The second-order valence-electron chi connectivity index (χ2n) is 6.56. The monoisotopic (exact) mass is 340 g/mol. The highest BCUT2D eigenvalue weighted by atomic mass is 127. The summed E-state index contributed by atoms with van der Waals surface area (Å²) in [6.07, 6.45) is 12.5. The largest absolute Gasteiger partial charge is 0.0803 e. The van der Waals surface area contributed by atoms with Crippen LogP contribution in [-0.4, -0.2) is 0 Å². The quantitative estimate of drug-likeness (QED) is 0.537. The summed E-state index contributed by atoms with van der Waals surface area (Å²) in [6, 6.07) is 0. The topological polar surface area (TPSA) is 0 Å². The molecule has 0 radical (unpaired) electrons. The van der Waals surface area contributed by atoms with Crippen LogP contribution in [0.25, 0.3) is 0 Å². The fourth-order valence-corrected chi connectivity index (χ4v) is 5.04. The molecule has 0 saturated heterocycles. The van der Waals surface area contributed by atoms with Crippen molar-refractivity contribution in [2.45, 2.75) is 33.6 Å². The molecule has 0 N–H and O–H groups in total. The molecule has 1 heteroatoms. The van der Waals surface area contributed by atoms with Gasteiger partial charge in [-0.05, 0) is 75.0 Å². The molecule has 0 spiro atoms. The first kappa shape index (κ1) is 12.0. The van der Waals surface area contributed by atoms with Gasteiger partial charge in [0.15, 0.2) is 0 Å². The molecule has 92 valence electrons. The van der Waals surface area contributed by atoms with Gasteiger partial charge in [0, 0.05) is 0 Å². The van der Waals surface area contributed by atoms with E-state index in [0.29, 0.717) is 5.41 Å². The summed E-state index contributed by atoms with van der Waals surface area (Å²) in [5.74, 6) is 3.31. The highest BCUT2D eigenvalue weighted by molar-refractivity contribution is 14.1. The molecule has 0 aliphatic heterocycles. The zero-order valence-corrected chi connectivity index (χ0v) is 13.1. The molecule has 3 unspecified atom stereocenters. The van der Waals surface area contributed by atoms with E-state index < -0.39 is 0 Å². The Hall–Kier alpha value is -0.0500. The van der Waals surface area contributed by atoms with Crippen molar-refractivity contribution < 1.29 is 0 Å². The lowest BCUT2D eigenvalue weighted by atomic mass is 9.70. The Morgan fingerprint density at radius 3 is 2.88 bits per heavy atom. The zero-order chi connectivity index (χ0) is 12.2. The number of fused-ring (bicyclic) bond motifs is 3. The smallest absolute Gasteiger partial charge is 0.0108 e. The van der Waals surface area contributed by atoms with Crippen LogP contribution >= 0.6 is 22.6 Å². The van der Waals surface area contributed by atoms with Gasteiger partial charge in [-0.25, -0.2) is 0 Å². The maximum absolute atomic E-state index is 2.54. The van der Waals surface area contributed by atoms with E-state index in [-0.39, 0.29) is 0 Å². The van der Waals surface area contributed by atoms with Crippen molar-refractivity contribution in [3.63, 3.8) is 0 Å². The molecule has 3 aliphatic carbocycles. The molecule has 0 aromatic rings. The van der Waals surface area contributed by atoms with Crippen molar-refractivity contribution in [1.82, 2.24) is 0 Å². The second kappa shape index (κ2) is 3.97. The molecule has 0 aromatic carbocycles. The summed E-state index contributed by atoms with van der Waals surface area (Å²) in [6.45, 7) is 7.23. The van der Waals surface area contributed by atoms with Crippen LogP contribution in [0.2, 0.25) is 0 Å². The average molecular weight is 340 g/mol. The molecular formula is C16H21I. The highest BCUT2D eigenvalue weighted by Gasteiger charge is 2.53. The van der Waals surface area contributed by atoms with E-state index >= 15 is 0 Å². The van der Waals surface area contributed by atoms with Crippen LogP contribution in [-0.2, 0) is 0 Å². The summed E-state index contributed by atoms with van der Waals surface area (Å²) in [4.78, 5) is 0. The van der Waals surface area contributed by atoms with Gasteiger partial charge in [-0.3, -0.25) is 0 Å². The minimum atomic E-state index is 0.464. The first-order valence-corrected chi connectivity index (χ1v) is 7.79. The van der Waals surface area contributed by atoms with Crippen LogP contribution in [0, 0.1) is 29.1 Å². The fraction of sp³-hybridized carbons (Fsp3) is 0.625. The van der Waals surface area contributed by atoms with E-state index in [1.54, 1.807) is 3.58 Å². The number of rotatable bonds is 0. The maximum atomic E-state index is 2.54. The van der Waals surface area contributed by atoms with Gasteiger partial charge >= 0.3 is 0 Å². The van der Waals surface area contributed by atoms with E-state index in [9.17, 15) is 0 Å². The van der Waals surface area contributed by atoms with E-state index in [1.807, 2.05) is 0 Å². The molecule has 1 saturated carbocycles. The molecule has 3 aliphatic rings. The number of hydrogen-bond donors (Lipinski definition) is 0. The van der Waals surface area contributed by atoms with Crippen LogP contribution in [0.5, 0.6) is 0 Å². The number of allylic oxidation sites excluding steroid dienone is 6. The van der Waals surface area contributed by atoms with E-state index in [4.69, 9.17) is 0 Å². The normalized spacial score (nSPS) is 42.6. The van der Waals surface area contributed by atoms with Gasteiger partial charge in [0.1, 0.15) is 0 Å². The van der Waals surface area contributed by atoms with Gasteiger partial charge < -0.3 is 0 Å². The summed E-state index contributed by atoms with van der Waals surface area (Å²) in [7, 11) is 0. The third-order valence-electron chi connectivity index (χ3n) is 5.29. The van der Waals surface area contributed by atoms with Gasteiger partial charge in [0.05, 0.1) is 0 Å². The predicted octanol–water partition coefficient (Wildman–Crippen LogP) is 5.12. The van der Waals surface area contributed by atoms with Crippen LogP contribution in [0.3, 0.4) is 0 Å². The van der Waals surface area contributed by atoms with Crippen molar-refractivity contribution in [2.24, 2.45) is 29.1 Å². The first-order chi connectivity index (χ1) is 8.00. The molecule has 1 fully saturated rings. The van der Waals surface area contributed by atoms with Gasteiger partial charge in [-0.2, -0.15) is 0 Å². The Morgan fingerprint density at radius 1 is 1.35 bits per heavy atom. The van der Waals surface area contributed by atoms with Gasteiger partial charge in [0.25, 0.3) is 0 Å². The van der Waals surface area contributed by atoms with Crippen molar-refractivity contribution in [3.05, 3.63) is 33.5 Å². The van der Waals surface area contributed by atoms with Crippen LogP contribution in [0.4, 0.5) is 0 Å². The Kier molecular flexibility index (Phi) is 2.81. The first-order valence-electron chi connectivity index (χ1n) is 6.71. The van der Waals surface area contributed by atoms with Gasteiger partial charge in [-0.15, -0.1) is 0 Å². The predicted molar refractivity (Wildman–Crippen MR) is 82.0 cm³/mol. The van der Waals surface area contributed by atoms with Gasteiger partial charge in [0.2, 0.25) is 0 Å². The Bertz CT molecular complexity index is 425. The molecule has 17 heavy (non-hydrogen) atoms. The number of halogens is 1. The van der Waals surface area contributed by atoms with Crippen molar-refractivity contribution in [2.75, 3.05) is 0 Å². The van der Waals surface area contributed by atoms with E-state index in [1.165, 1.54) is 18.4 Å². The molecule has 4 atom stereocenters. The molecule has 0 bridgehead atoms. The van der Waals surface area contributed by atoms with Crippen LogP contribution in [0.15, 0.2) is 33.5 Å². The van der Waals surface area contributed by atoms with Crippen LogP contribution < -0.4 is 0 Å². The Balaban J connectivity index is 2.01. The minimum absolute atomic E-state index is 0.464. The summed E-state index contributed by atoms with van der Waals surface area (Å²) in [5.41, 5.74) is 1.92. The molecule has 0 amide bonds. The third-order valence-corrected chi connectivity index (χ3v) is 6.17. The zero-order valence-electron chi connectivity index (χ0n) is 10.9. The second-order valence-corrected chi connectivity index (χ2v) is 7.94. The SMILES string of the molecule is CC1=CC2[C@@H](C=C1)C1CC=C(I)CC1C2(C)C. The van der Waals surface area contributed by atoms with Crippen molar-refractivity contribution in [3.8, 4) is 0 Å². The molecule has 0 nitrogen and oxygen atoms in total. The average Bonchev–Trinajstić information content (AvgIpc) is 2.49. The molecule has 0 heterocycles. The molecule has 3 rings (SSSR count). The van der Waals surface area contributed by atoms with Crippen LogP contribution in [0.1, 0.15) is 33.6 Å². The molecular weight excluding hydrogens is 319 g/mol. The van der Waals surface area contributed by atoms with Crippen molar-refractivity contribution in [1.29, 1.82) is 0 Å². The molecule has 0 aromatic heterocycles. The lowest BCUT2D eigenvalue weighted by molar-refractivity contribution is 0.186. The van der Waals surface area contributed by atoms with E-state index in [0.717, 1.165) is 23.7 Å². The summed E-state index contributed by atoms with van der Waals surface area (Å²) >= 11 is 2.54. The highest BCUT2D eigenvalue weighted by Crippen LogP contribution is 2.61. The Morgan fingerprint density at radius 2 is 2.12 bits per heavy atom. The Labute approximate surface area is 118 Å². The standard InChI is InChI=1S/C16H21I/c1-10-4-6-12-13-7-5-11(17)9-15(13)16(2,3)14(12)8-10/h4-6,8,12-15H,7,9H2,1-3H3/t12-,13?,14?,15?/m0/s1. The lowest BCUT2D eigenvalue weighted by Crippen LogP contribution is -2.27. The minimum Gasteiger partial charge on any atom is -0.0803 e. The lowest BCUT2D eigenvalue weighted by Gasteiger charge is -2.35. The number of hydrogen-bond acceptors (Lipinski definition) is 0. The third kappa shape index (κ3) is 1.76. The van der Waals surface area contributed by atoms with Crippen molar-refractivity contribution >= 4 is 22.6 Å².